The van der Waals surface area contributed by atoms with Crippen molar-refractivity contribution < 1.29 is 14.3 Å². The molecule has 0 N–H and O–H groups in total. The van der Waals surface area contributed by atoms with Crippen LogP contribution in [0.5, 0.6) is 11.5 Å². The average molecular weight is 438 g/mol. The summed E-state index contributed by atoms with van der Waals surface area (Å²) in [7, 11) is 0. The first-order chi connectivity index (χ1) is 16.3. The maximum Gasteiger partial charge on any atom is 0.254 e. The zero-order chi connectivity index (χ0) is 22.2. The Labute approximate surface area is 191 Å². The van der Waals surface area contributed by atoms with Gasteiger partial charge in [-0.3, -0.25) is 4.79 Å². The summed E-state index contributed by atoms with van der Waals surface area (Å²) in [4.78, 5) is 27.0. The van der Waals surface area contributed by atoms with Gasteiger partial charge >= 0.3 is 0 Å². The van der Waals surface area contributed by atoms with Crippen LogP contribution >= 0.6 is 0 Å². The van der Waals surface area contributed by atoms with Gasteiger partial charge in [0.25, 0.3) is 5.91 Å². The van der Waals surface area contributed by atoms with Gasteiger partial charge in [0.2, 0.25) is 6.79 Å². The molecular formula is C26H22N4O3. The van der Waals surface area contributed by atoms with E-state index in [0.717, 1.165) is 46.8 Å². The number of hydrogen-bond donors (Lipinski definition) is 0. The highest BCUT2D eigenvalue weighted by atomic mass is 16.7. The van der Waals surface area contributed by atoms with Crippen LogP contribution in [0.15, 0.2) is 72.9 Å². The SMILES string of the molecule is O=C(c1cc(-c2ccc3c(c2)OCO3)nc2ccccc12)N1CCN(c2ccccn2)CC1. The van der Waals surface area contributed by atoms with Crippen molar-refractivity contribution in [2.75, 3.05) is 37.9 Å². The van der Waals surface area contributed by atoms with E-state index in [4.69, 9.17) is 14.5 Å². The van der Waals surface area contributed by atoms with E-state index in [1.807, 2.05) is 71.6 Å². The van der Waals surface area contributed by atoms with Gasteiger partial charge in [0, 0.05) is 43.3 Å². The summed E-state index contributed by atoms with van der Waals surface area (Å²) < 4.78 is 11.0. The lowest BCUT2D eigenvalue weighted by molar-refractivity contribution is 0.0748. The summed E-state index contributed by atoms with van der Waals surface area (Å²) >= 11 is 0. The number of anilines is 1. The monoisotopic (exact) mass is 438 g/mol. The van der Waals surface area contributed by atoms with Gasteiger partial charge < -0.3 is 19.3 Å². The predicted octanol–water partition coefficient (Wildman–Crippen LogP) is 3.99. The summed E-state index contributed by atoms with van der Waals surface area (Å²) in [5.41, 5.74) is 3.09. The number of benzene rings is 2. The summed E-state index contributed by atoms with van der Waals surface area (Å²) in [6, 6.07) is 21.3. The van der Waals surface area contributed by atoms with Crippen LogP contribution in [-0.2, 0) is 0 Å². The molecule has 0 atom stereocenters. The quantitative estimate of drug-likeness (QED) is 0.482. The van der Waals surface area contributed by atoms with E-state index in [-0.39, 0.29) is 12.7 Å². The number of piperazine rings is 1. The smallest absolute Gasteiger partial charge is 0.254 e. The van der Waals surface area contributed by atoms with Crippen LogP contribution < -0.4 is 14.4 Å². The molecule has 2 aliphatic rings. The molecule has 0 aliphatic carbocycles. The average Bonchev–Trinajstić information content (AvgIpc) is 3.36. The Morgan fingerprint density at radius 2 is 1.67 bits per heavy atom. The second-order valence-electron chi connectivity index (χ2n) is 8.11. The van der Waals surface area contributed by atoms with Crippen molar-refractivity contribution in [1.82, 2.24) is 14.9 Å². The molecule has 1 fully saturated rings. The minimum absolute atomic E-state index is 0.0243. The summed E-state index contributed by atoms with van der Waals surface area (Å²) in [5, 5.41) is 0.860. The van der Waals surface area contributed by atoms with Crippen LogP contribution in [0.2, 0.25) is 0 Å². The van der Waals surface area contributed by atoms with Gasteiger partial charge in [-0.05, 0) is 42.5 Å². The fourth-order valence-corrected chi connectivity index (χ4v) is 4.41. The molecule has 164 valence electrons. The maximum absolute atomic E-state index is 13.6. The molecule has 4 heterocycles. The number of aromatic nitrogens is 2. The molecule has 0 unspecified atom stereocenters. The molecule has 33 heavy (non-hydrogen) atoms. The lowest BCUT2D eigenvalue weighted by Crippen LogP contribution is -2.49. The Bertz CT molecular complexity index is 1330. The fourth-order valence-electron chi connectivity index (χ4n) is 4.41. The van der Waals surface area contributed by atoms with Crippen molar-refractivity contribution in [3.8, 4) is 22.8 Å². The molecule has 0 spiro atoms. The highest BCUT2D eigenvalue weighted by molar-refractivity contribution is 6.07. The molecule has 4 aromatic rings. The number of rotatable bonds is 3. The molecular weight excluding hydrogens is 416 g/mol. The van der Waals surface area contributed by atoms with Crippen molar-refractivity contribution in [3.05, 3.63) is 78.5 Å². The van der Waals surface area contributed by atoms with Crippen molar-refractivity contribution in [1.29, 1.82) is 0 Å². The summed E-state index contributed by atoms with van der Waals surface area (Å²) in [6.45, 7) is 3.01. The van der Waals surface area contributed by atoms with E-state index in [9.17, 15) is 4.79 Å². The van der Waals surface area contributed by atoms with Crippen LogP contribution in [0, 0.1) is 0 Å². The third kappa shape index (κ3) is 3.61. The first-order valence-electron chi connectivity index (χ1n) is 11.0. The van der Waals surface area contributed by atoms with E-state index in [1.165, 1.54) is 0 Å². The number of amides is 1. The lowest BCUT2D eigenvalue weighted by Gasteiger charge is -2.35. The second-order valence-corrected chi connectivity index (χ2v) is 8.11. The van der Waals surface area contributed by atoms with E-state index in [0.29, 0.717) is 24.4 Å². The highest BCUT2D eigenvalue weighted by Gasteiger charge is 2.25. The van der Waals surface area contributed by atoms with E-state index in [1.54, 1.807) is 6.20 Å². The topological polar surface area (TPSA) is 67.8 Å². The molecule has 0 radical (unpaired) electrons. The highest BCUT2D eigenvalue weighted by Crippen LogP contribution is 2.36. The Hall–Kier alpha value is -4.13. The summed E-state index contributed by atoms with van der Waals surface area (Å²) in [6.07, 6.45) is 1.80. The molecule has 1 saturated heterocycles. The molecule has 2 aromatic heterocycles. The molecule has 2 aliphatic heterocycles. The van der Waals surface area contributed by atoms with Gasteiger partial charge in [-0.25, -0.2) is 9.97 Å². The first kappa shape index (κ1) is 19.5. The number of pyridine rings is 2. The third-order valence-corrected chi connectivity index (χ3v) is 6.16. The molecule has 6 rings (SSSR count). The lowest BCUT2D eigenvalue weighted by atomic mass is 10.0. The number of hydrogen-bond acceptors (Lipinski definition) is 6. The number of para-hydroxylation sites is 1. The Kier molecular flexibility index (Phi) is 4.79. The molecule has 0 saturated carbocycles. The van der Waals surface area contributed by atoms with Gasteiger partial charge in [0.1, 0.15) is 5.82 Å². The number of fused-ring (bicyclic) bond motifs is 2. The number of carbonyl (C=O) groups is 1. The molecule has 1 amide bonds. The van der Waals surface area contributed by atoms with Gasteiger partial charge in [0.15, 0.2) is 11.5 Å². The second kappa shape index (κ2) is 8.09. The van der Waals surface area contributed by atoms with Crippen molar-refractivity contribution in [3.63, 3.8) is 0 Å². The fraction of sp³-hybridized carbons (Fsp3) is 0.192. The van der Waals surface area contributed by atoms with Gasteiger partial charge in [-0.15, -0.1) is 0 Å². The molecule has 2 aromatic carbocycles. The van der Waals surface area contributed by atoms with E-state index >= 15 is 0 Å². The largest absolute Gasteiger partial charge is 0.454 e. The third-order valence-electron chi connectivity index (χ3n) is 6.16. The van der Waals surface area contributed by atoms with Crippen LogP contribution in [-0.4, -0.2) is 53.7 Å². The number of nitrogens with zero attached hydrogens (tertiary/aromatic N) is 4. The van der Waals surface area contributed by atoms with E-state index < -0.39 is 0 Å². The van der Waals surface area contributed by atoms with Gasteiger partial charge in [0.05, 0.1) is 16.8 Å². The minimum atomic E-state index is 0.0243. The Morgan fingerprint density at radius 3 is 2.52 bits per heavy atom. The minimum Gasteiger partial charge on any atom is -0.454 e. The van der Waals surface area contributed by atoms with Gasteiger partial charge in [-0.2, -0.15) is 0 Å². The summed E-state index contributed by atoms with van der Waals surface area (Å²) in [5.74, 6) is 2.39. The van der Waals surface area contributed by atoms with Crippen LogP contribution in [0.4, 0.5) is 5.82 Å². The van der Waals surface area contributed by atoms with Gasteiger partial charge in [-0.1, -0.05) is 24.3 Å². The van der Waals surface area contributed by atoms with E-state index in [2.05, 4.69) is 9.88 Å². The Morgan fingerprint density at radius 1 is 0.848 bits per heavy atom. The number of carbonyl (C=O) groups excluding carboxylic acids is 1. The molecule has 7 nitrogen and oxygen atoms in total. The maximum atomic E-state index is 13.6. The normalized spacial score (nSPS) is 15.2. The molecule has 7 heteroatoms. The number of ether oxygens (including phenoxy) is 2. The Balaban J connectivity index is 1.32. The zero-order valence-electron chi connectivity index (χ0n) is 18.0. The van der Waals surface area contributed by atoms with Crippen LogP contribution in [0.3, 0.4) is 0 Å². The van der Waals surface area contributed by atoms with Crippen LogP contribution in [0.1, 0.15) is 10.4 Å². The van der Waals surface area contributed by atoms with Crippen molar-refractivity contribution >= 4 is 22.6 Å². The van der Waals surface area contributed by atoms with Crippen molar-refractivity contribution in [2.45, 2.75) is 0 Å². The van der Waals surface area contributed by atoms with Crippen LogP contribution in [0.25, 0.3) is 22.2 Å². The first-order valence-corrected chi connectivity index (χ1v) is 11.0. The standard InChI is InChI=1S/C26H22N4O3/c31-26(30-13-11-29(12-14-30)25-7-3-4-10-27-25)20-16-22(28-21-6-2-1-5-19(20)21)18-8-9-23-24(15-18)33-17-32-23/h1-10,15-16H,11-14,17H2. The predicted molar refractivity (Wildman–Crippen MR) is 126 cm³/mol. The van der Waals surface area contributed by atoms with Crippen molar-refractivity contribution in [2.24, 2.45) is 0 Å². The zero-order valence-corrected chi connectivity index (χ0v) is 18.0. The molecule has 0 bridgehead atoms.